The molecule has 11 heteroatoms. The molecule has 1 amide bonds. The Balaban J connectivity index is 1.71. The maximum atomic E-state index is 12.3. The van der Waals surface area contributed by atoms with E-state index < -0.39 is 12.3 Å². The van der Waals surface area contributed by atoms with Crippen LogP contribution >= 0.6 is 0 Å². The van der Waals surface area contributed by atoms with E-state index >= 15 is 0 Å². The Morgan fingerprint density at radius 2 is 1.86 bits per heavy atom. The van der Waals surface area contributed by atoms with Crippen molar-refractivity contribution >= 4 is 28.4 Å². The molecular formula is C18H19F3N6O2. The molecule has 0 aliphatic carbocycles. The fourth-order valence-electron chi connectivity index (χ4n) is 2.85. The lowest BCUT2D eigenvalue weighted by molar-refractivity contribution is -0.274. The van der Waals surface area contributed by atoms with Gasteiger partial charge in [-0.1, -0.05) is 0 Å². The number of alkyl halides is 3. The van der Waals surface area contributed by atoms with Gasteiger partial charge < -0.3 is 15.0 Å². The van der Waals surface area contributed by atoms with Crippen LogP contribution in [0.25, 0.3) is 11.0 Å². The highest BCUT2D eigenvalue weighted by molar-refractivity contribution is 5.92. The summed E-state index contributed by atoms with van der Waals surface area (Å²) in [7, 11) is 0. The summed E-state index contributed by atoms with van der Waals surface area (Å²) in [5, 5.41) is 7.56. The molecule has 154 valence electrons. The summed E-state index contributed by atoms with van der Waals surface area (Å²) in [5.41, 5.74) is 0.852. The highest BCUT2D eigenvalue weighted by Gasteiger charge is 2.31. The van der Waals surface area contributed by atoms with Crippen molar-refractivity contribution in [2.24, 2.45) is 0 Å². The Morgan fingerprint density at radius 3 is 2.48 bits per heavy atom. The summed E-state index contributed by atoms with van der Waals surface area (Å²) < 4.78 is 41.8. The summed E-state index contributed by atoms with van der Waals surface area (Å²) in [6, 6.07) is 4.88. The number of nitrogens with zero attached hydrogens (tertiary/aromatic N) is 5. The largest absolute Gasteiger partial charge is 0.573 e. The van der Waals surface area contributed by atoms with Crippen LogP contribution in [0.2, 0.25) is 0 Å². The van der Waals surface area contributed by atoms with Gasteiger partial charge in [0.2, 0.25) is 5.91 Å². The van der Waals surface area contributed by atoms with Crippen LogP contribution in [0.15, 0.2) is 36.8 Å². The van der Waals surface area contributed by atoms with E-state index in [1.165, 1.54) is 23.1 Å². The van der Waals surface area contributed by atoms with E-state index in [0.717, 1.165) is 36.4 Å². The van der Waals surface area contributed by atoms with Gasteiger partial charge in [-0.05, 0) is 38.1 Å². The van der Waals surface area contributed by atoms with Gasteiger partial charge in [0, 0.05) is 18.8 Å². The Bertz CT molecular complexity index is 983. The second-order valence-electron chi connectivity index (χ2n) is 6.03. The maximum absolute atomic E-state index is 12.3. The minimum atomic E-state index is -4.77. The lowest BCUT2D eigenvalue weighted by Gasteiger charge is -2.19. The number of ether oxygens (including phenoxy) is 1. The monoisotopic (exact) mass is 408 g/mol. The van der Waals surface area contributed by atoms with E-state index in [0.29, 0.717) is 11.3 Å². The molecule has 0 saturated carbocycles. The molecule has 0 aliphatic rings. The minimum absolute atomic E-state index is 0.112. The molecule has 0 unspecified atom stereocenters. The molecule has 0 spiro atoms. The van der Waals surface area contributed by atoms with E-state index in [2.05, 4.69) is 30.0 Å². The zero-order valence-electron chi connectivity index (χ0n) is 15.8. The average Bonchev–Trinajstić information content (AvgIpc) is 3.07. The number of carbonyl (C=O) groups is 1. The van der Waals surface area contributed by atoms with Crippen molar-refractivity contribution in [2.75, 3.05) is 23.3 Å². The van der Waals surface area contributed by atoms with Crippen LogP contribution in [-0.2, 0) is 11.3 Å². The van der Waals surface area contributed by atoms with Crippen molar-refractivity contribution in [3.05, 3.63) is 36.8 Å². The van der Waals surface area contributed by atoms with Crippen LogP contribution in [0, 0.1) is 0 Å². The molecule has 0 radical (unpaired) electrons. The van der Waals surface area contributed by atoms with Gasteiger partial charge in [-0.3, -0.25) is 4.79 Å². The first-order chi connectivity index (χ1) is 13.8. The molecule has 3 rings (SSSR count). The van der Waals surface area contributed by atoms with Crippen LogP contribution in [0.1, 0.15) is 13.8 Å². The average molecular weight is 408 g/mol. The van der Waals surface area contributed by atoms with Gasteiger partial charge in [0.15, 0.2) is 5.65 Å². The first-order valence-electron chi connectivity index (χ1n) is 8.87. The van der Waals surface area contributed by atoms with Crippen molar-refractivity contribution in [3.8, 4) is 5.75 Å². The fourth-order valence-corrected chi connectivity index (χ4v) is 2.85. The molecule has 0 aliphatic heterocycles. The van der Waals surface area contributed by atoms with Crippen LogP contribution < -0.4 is 15.0 Å². The normalized spacial score (nSPS) is 11.5. The van der Waals surface area contributed by atoms with Crippen molar-refractivity contribution in [3.63, 3.8) is 0 Å². The highest BCUT2D eigenvalue weighted by Crippen LogP contribution is 2.24. The van der Waals surface area contributed by atoms with Crippen LogP contribution in [0.3, 0.4) is 0 Å². The van der Waals surface area contributed by atoms with Crippen molar-refractivity contribution in [1.29, 1.82) is 0 Å². The predicted molar refractivity (Wildman–Crippen MR) is 101 cm³/mol. The fraction of sp³-hybridized carbons (Fsp3) is 0.333. The van der Waals surface area contributed by atoms with Gasteiger partial charge in [0.05, 0.1) is 11.6 Å². The molecule has 0 fully saturated rings. The number of nitrogens with one attached hydrogen (secondary N) is 1. The van der Waals surface area contributed by atoms with Gasteiger partial charge in [-0.15, -0.1) is 13.2 Å². The number of benzene rings is 1. The molecule has 8 nitrogen and oxygen atoms in total. The van der Waals surface area contributed by atoms with Crippen molar-refractivity contribution in [1.82, 2.24) is 19.7 Å². The number of carbonyl (C=O) groups excluding carboxylic acids is 1. The zero-order chi connectivity index (χ0) is 21.0. The highest BCUT2D eigenvalue weighted by atomic mass is 19.4. The Morgan fingerprint density at radius 1 is 1.17 bits per heavy atom. The van der Waals surface area contributed by atoms with E-state index in [-0.39, 0.29) is 12.3 Å². The van der Waals surface area contributed by atoms with Gasteiger partial charge in [0.1, 0.15) is 24.4 Å². The predicted octanol–water partition coefficient (Wildman–Crippen LogP) is 3.21. The zero-order valence-corrected chi connectivity index (χ0v) is 15.8. The number of fused-ring (bicyclic) bond motifs is 1. The number of anilines is 2. The third-order valence-electron chi connectivity index (χ3n) is 4.14. The van der Waals surface area contributed by atoms with Crippen molar-refractivity contribution in [2.45, 2.75) is 26.8 Å². The Labute approximate surface area is 164 Å². The molecule has 3 aromatic rings. The van der Waals surface area contributed by atoms with E-state index in [1.54, 1.807) is 6.20 Å². The van der Waals surface area contributed by atoms with E-state index in [1.807, 2.05) is 13.8 Å². The molecular weight excluding hydrogens is 389 g/mol. The van der Waals surface area contributed by atoms with E-state index in [9.17, 15) is 18.0 Å². The topological polar surface area (TPSA) is 85.2 Å². The standard InChI is InChI=1S/C18H19F3N6O2/c1-3-26(4-2)16-14-9-24-27(17(14)23-11-22-16)10-15(28)25-12-5-7-13(8-6-12)29-18(19,20)21/h5-9,11H,3-4,10H2,1-2H3,(H,25,28). The summed E-state index contributed by atoms with van der Waals surface area (Å²) in [5.74, 6) is -0.0244. The maximum Gasteiger partial charge on any atom is 0.573 e. The summed E-state index contributed by atoms with van der Waals surface area (Å²) in [6.07, 6.45) is -1.73. The lowest BCUT2D eigenvalue weighted by Crippen LogP contribution is -2.23. The van der Waals surface area contributed by atoms with Gasteiger partial charge in [0.25, 0.3) is 0 Å². The van der Waals surface area contributed by atoms with Gasteiger partial charge in [-0.2, -0.15) is 5.10 Å². The molecule has 0 saturated heterocycles. The third kappa shape index (κ3) is 4.92. The molecule has 1 N–H and O–H groups in total. The van der Waals surface area contributed by atoms with E-state index in [4.69, 9.17) is 0 Å². The number of aromatic nitrogens is 4. The van der Waals surface area contributed by atoms with Gasteiger partial charge >= 0.3 is 6.36 Å². The summed E-state index contributed by atoms with van der Waals surface area (Å²) in [6.45, 7) is 5.45. The molecule has 0 atom stereocenters. The smallest absolute Gasteiger partial charge is 0.406 e. The number of hydrogen-bond donors (Lipinski definition) is 1. The summed E-state index contributed by atoms with van der Waals surface area (Å²) >= 11 is 0. The Hall–Kier alpha value is -3.37. The summed E-state index contributed by atoms with van der Waals surface area (Å²) in [4.78, 5) is 22.9. The van der Waals surface area contributed by atoms with Crippen LogP contribution in [0.4, 0.5) is 24.7 Å². The lowest BCUT2D eigenvalue weighted by atomic mass is 10.3. The quantitative estimate of drug-likeness (QED) is 0.646. The number of rotatable bonds is 7. The Kier molecular flexibility index (Phi) is 5.85. The van der Waals surface area contributed by atoms with Crippen molar-refractivity contribution < 1.29 is 22.7 Å². The SMILES string of the molecule is CCN(CC)c1ncnc2c1cnn2CC(=O)Nc1ccc(OC(F)(F)F)cc1. The second kappa shape index (κ2) is 8.33. The first kappa shape index (κ1) is 20.4. The van der Waals surface area contributed by atoms with Crippen LogP contribution in [-0.4, -0.2) is 45.1 Å². The molecule has 0 bridgehead atoms. The molecule has 2 aromatic heterocycles. The van der Waals surface area contributed by atoms with Gasteiger partial charge in [-0.25, -0.2) is 14.6 Å². The molecule has 2 heterocycles. The van der Waals surface area contributed by atoms with Crippen LogP contribution in [0.5, 0.6) is 5.75 Å². The number of amides is 1. The molecule has 1 aromatic carbocycles. The second-order valence-corrected chi connectivity index (χ2v) is 6.03. The molecule has 29 heavy (non-hydrogen) atoms. The third-order valence-corrected chi connectivity index (χ3v) is 4.14. The number of hydrogen-bond acceptors (Lipinski definition) is 6. The minimum Gasteiger partial charge on any atom is -0.406 e. The first-order valence-corrected chi connectivity index (χ1v) is 8.87. The number of halogens is 3.